The number of aromatic nitrogens is 3. The molecule has 7 heteroatoms. The van der Waals surface area contributed by atoms with Crippen molar-refractivity contribution in [3.05, 3.63) is 77.4 Å². The van der Waals surface area contributed by atoms with E-state index >= 15 is 0 Å². The van der Waals surface area contributed by atoms with Gasteiger partial charge in [0.2, 0.25) is 0 Å². The predicted octanol–water partition coefficient (Wildman–Crippen LogP) is 12.4. The minimum absolute atomic E-state index is 0. The average molecular weight is 897 g/mol. The van der Waals surface area contributed by atoms with Gasteiger partial charge in [-0.1, -0.05) is 126 Å². The number of ketones is 1. The second kappa shape index (κ2) is 17.4. The number of rotatable bonds is 9. The number of benzene rings is 2. The van der Waals surface area contributed by atoms with E-state index in [1.807, 2.05) is 13.0 Å². The standard InChI is InChI=1S/C29H30N3O.C17H32O2.Ir/c1-17-8-10-19-13-20(14-22(24(19)32-17)29(5,6)7)25-27-26(31-16-30-25)21-11-9-18(12-23(21)33-27)15-28(2,3)4;1-10(2)16(11(3)4)14(18)9-15(19)17(12(5)6)13(7)8;/h8-12,14,16H,15H2,1-7H3;9-13,16-18H,1-8H3;/q-1;;/b;14-9-;. The fourth-order valence-electron chi connectivity index (χ4n) is 7.71. The van der Waals surface area contributed by atoms with E-state index in [9.17, 15) is 9.90 Å². The summed E-state index contributed by atoms with van der Waals surface area (Å²) in [5.41, 5.74) is 8.62. The zero-order chi connectivity index (χ0) is 38.9. The van der Waals surface area contributed by atoms with Crippen LogP contribution >= 0.6 is 0 Å². The molecule has 0 fully saturated rings. The Hall–Kier alpha value is -3.41. The van der Waals surface area contributed by atoms with Crippen LogP contribution in [0.3, 0.4) is 0 Å². The maximum absolute atomic E-state index is 12.3. The number of nitrogens with zero attached hydrogens (tertiary/aromatic N) is 3. The van der Waals surface area contributed by atoms with Gasteiger partial charge >= 0.3 is 0 Å². The third kappa shape index (κ3) is 10.6. The first-order valence-corrected chi connectivity index (χ1v) is 19.0. The fraction of sp³-hybridized carbons (Fsp3) is 0.522. The third-order valence-corrected chi connectivity index (χ3v) is 9.80. The van der Waals surface area contributed by atoms with E-state index in [4.69, 9.17) is 9.40 Å². The largest absolute Gasteiger partial charge is 0.512 e. The van der Waals surface area contributed by atoms with Crippen LogP contribution in [-0.4, -0.2) is 25.8 Å². The van der Waals surface area contributed by atoms with Crippen molar-refractivity contribution in [1.82, 2.24) is 15.0 Å². The molecule has 6 nitrogen and oxygen atoms in total. The molecule has 0 atom stereocenters. The number of aliphatic hydroxyl groups is 1. The molecule has 2 aromatic carbocycles. The summed E-state index contributed by atoms with van der Waals surface area (Å²) in [7, 11) is 0. The van der Waals surface area contributed by atoms with Gasteiger partial charge in [0.1, 0.15) is 23.0 Å². The van der Waals surface area contributed by atoms with Gasteiger partial charge in [-0.3, -0.25) is 14.8 Å². The summed E-state index contributed by atoms with van der Waals surface area (Å²) in [5.74, 6) is 1.63. The third-order valence-electron chi connectivity index (χ3n) is 9.80. The molecule has 0 bridgehead atoms. The molecule has 0 saturated carbocycles. The van der Waals surface area contributed by atoms with E-state index in [2.05, 4.69) is 143 Å². The number of hydrogen-bond donors (Lipinski definition) is 1. The SMILES string of the molecule is CC(C)C(C(=O)/C=C(\O)C(C(C)C)C(C)C)C(C)C.Cc1ccc2[c-]c(-c3ncnc4c3oc3cc(CC(C)(C)C)ccc34)cc(C(C)(C)C)c2n1.[Ir]. The van der Waals surface area contributed by atoms with E-state index in [1.54, 1.807) is 6.33 Å². The molecule has 289 valence electrons. The maximum atomic E-state index is 12.3. The molecular weight excluding hydrogens is 835 g/mol. The molecule has 0 amide bonds. The van der Waals surface area contributed by atoms with Crippen molar-refractivity contribution < 1.29 is 34.4 Å². The Morgan fingerprint density at radius 1 is 0.830 bits per heavy atom. The predicted molar refractivity (Wildman–Crippen MR) is 218 cm³/mol. The summed E-state index contributed by atoms with van der Waals surface area (Å²) in [6.45, 7) is 32.0. The summed E-state index contributed by atoms with van der Waals surface area (Å²) >= 11 is 0. The Balaban J connectivity index is 0.000000327. The molecule has 3 aromatic heterocycles. The number of allylic oxidation sites excluding steroid dienone is 2. The van der Waals surface area contributed by atoms with E-state index in [0.29, 0.717) is 29.3 Å². The Morgan fingerprint density at radius 3 is 1.98 bits per heavy atom. The molecule has 0 spiro atoms. The van der Waals surface area contributed by atoms with Gasteiger partial charge in [0, 0.05) is 54.6 Å². The quantitative estimate of drug-likeness (QED) is 0.0901. The van der Waals surface area contributed by atoms with Gasteiger partial charge in [-0.2, -0.15) is 0 Å². The molecule has 1 radical (unpaired) electrons. The Kier molecular flexibility index (Phi) is 14.4. The van der Waals surface area contributed by atoms with Gasteiger partial charge in [0.25, 0.3) is 0 Å². The zero-order valence-electron chi connectivity index (χ0n) is 34.7. The van der Waals surface area contributed by atoms with Crippen molar-refractivity contribution in [2.75, 3.05) is 0 Å². The monoisotopic (exact) mass is 897 g/mol. The summed E-state index contributed by atoms with van der Waals surface area (Å²) < 4.78 is 6.39. The van der Waals surface area contributed by atoms with E-state index < -0.39 is 0 Å². The van der Waals surface area contributed by atoms with Crippen LogP contribution in [0.1, 0.15) is 114 Å². The number of carbonyl (C=O) groups excluding carboxylic acids is 1. The average Bonchev–Trinajstić information content (AvgIpc) is 3.36. The number of aryl methyl sites for hydroxylation is 1. The molecule has 5 rings (SSSR count). The van der Waals surface area contributed by atoms with Crippen LogP contribution in [-0.2, 0) is 36.7 Å². The summed E-state index contributed by atoms with van der Waals surface area (Å²) in [5, 5.41) is 12.3. The normalized spacial score (nSPS) is 12.9. The van der Waals surface area contributed by atoms with Gasteiger partial charge in [-0.25, -0.2) is 4.98 Å². The molecular formula is C46H62IrN3O3-. The first-order chi connectivity index (χ1) is 24.1. The van der Waals surface area contributed by atoms with Crippen LogP contribution in [0.15, 0.2) is 59.0 Å². The second-order valence-electron chi connectivity index (χ2n) is 18.3. The van der Waals surface area contributed by atoms with Gasteiger partial charge < -0.3 is 9.52 Å². The van der Waals surface area contributed by atoms with Gasteiger partial charge in [0.15, 0.2) is 5.78 Å². The van der Waals surface area contributed by atoms with Crippen LogP contribution in [0.4, 0.5) is 0 Å². The van der Waals surface area contributed by atoms with Crippen molar-refractivity contribution in [1.29, 1.82) is 0 Å². The summed E-state index contributed by atoms with van der Waals surface area (Å²) in [4.78, 5) is 26.4. The van der Waals surface area contributed by atoms with Crippen molar-refractivity contribution in [2.45, 2.75) is 116 Å². The number of hydrogen-bond acceptors (Lipinski definition) is 6. The Morgan fingerprint density at radius 2 is 1.43 bits per heavy atom. The molecule has 0 aliphatic rings. The smallest absolute Gasteiger partial charge is 0.162 e. The molecule has 0 aliphatic heterocycles. The van der Waals surface area contributed by atoms with Gasteiger partial charge in [0.05, 0.1) is 11.5 Å². The van der Waals surface area contributed by atoms with E-state index in [1.165, 1.54) is 17.2 Å². The van der Waals surface area contributed by atoms with Crippen LogP contribution in [0.2, 0.25) is 0 Å². The van der Waals surface area contributed by atoms with Crippen molar-refractivity contribution >= 4 is 38.8 Å². The number of furan rings is 1. The molecule has 3 heterocycles. The van der Waals surface area contributed by atoms with Crippen molar-refractivity contribution in [2.24, 2.45) is 40.9 Å². The zero-order valence-corrected chi connectivity index (χ0v) is 37.1. The van der Waals surface area contributed by atoms with Gasteiger partial charge in [-0.15, -0.1) is 18.2 Å². The van der Waals surface area contributed by atoms with Crippen LogP contribution in [0.5, 0.6) is 0 Å². The van der Waals surface area contributed by atoms with Crippen molar-refractivity contribution in [3.8, 4) is 11.3 Å². The second-order valence-corrected chi connectivity index (χ2v) is 18.3. The topological polar surface area (TPSA) is 89.1 Å². The number of aliphatic hydroxyl groups excluding tert-OH is 1. The summed E-state index contributed by atoms with van der Waals surface area (Å²) in [6.07, 6.45) is 4.09. The van der Waals surface area contributed by atoms with Crippen LogP contribution in [0, 0.1) is 53.9 Å². The van der Waals surface area contributed by atoms with Gasteiger partial charge in [-0.05, 0) is 65.5 Å². The number of carbonyl (C=O) groups is 1. The molecule has 1 N–H and O–H groups in total. The number of fused-ring (bicyclic) bond motifs is 4. The minimum atomic E-state index is -0.0786. The summed E-state index contributed by atoms with van der Waals surface area (Å²) in [6, 6.07) is 16.3. The first-order valence-electron chi connectivity index (χ1n) is 19.0. The van der Waals surface area contributed by atoms with Crippen LogP contribution < -0.4 is 0 Å². The van der Waals surface area contributed by atoms with Crippen LogP contribution in [0.25, 0.3) is 44.2 Å². The maximum Gasteiger partial charge on any atom is 0.162 e. The molecule has 0 saturated heterocycles. The Labute approximate surface area is 332 Å². The van der Waals surface area contributed by atoms with Crippen molar-refractivity contribution in [3.63, 3.8) is 0 Å². The molecule has 53 heavy (non-hydrogen) atoms. The first kappa shape index (κ1) is 44.0. The molecule has 0 aliphatic carbocycles. The van der Waals surface area contributed by atoms with E-state index in [-0.39, 0.29) is 54.3 Å². The van der Waals surface area contributed by atoms with E-state index in [0.717, 1.165) is 50.8 Å². The Bertz CT molecular complexity index is 2040. The molecule has 5 aromatic rings. The molecule has 0 unspecified atom stereocenters. The number of pyridine rings is 1. The fourth-order valence-corrected chi connectivity index (χ4v) is 7.71. The minimum Gasteiger partial charge on any atom is -0.512 e.